The second kappa shape index (κ2) is 4.72. The van der Waals surface area contributed by atoms with Crippen LogP contribution in [-0.2, 0) is 13.0 Å². The Hall–Kier alpha value is -2.36. The molecule has 0 saturated heterocycles. The van der Waals surface area contributed by atoms with Crippen molar-refractivity contribution in [2.45, 2.75) is 19.9 Å². The van der Waals surface area contributed by atoms with Gasteiger partial charge in [-0.15, -0.1) is 0 Å². The van der Waals surface area contributed by atoms with E-state index in [1.807, 2.05) is 30.3 Å². The van der Waals surface area contributed by atoms with Gasteiger partial charge in [-0.05, 0) is 24.3 Å². The monoisotopic (exact) mass is 253 g/mol. The van der Waals surface area contributed by atoms with Gasteiger partial charge in [-0.2, -0.15) is 0 Å². The van der Waals surface area contributed by atoms with Crippen LogP contribution in [0.1, 0.15) is 18.4 Å². The molecule has 0 aliphatic heterocycles. The number of benzene rings is 1. The van der Waals surface area contributed by atoms with Crippen molar-refractivity contribution in [1.82, 2.24) is 14.5 Å². The lowest BCUT2D eigenvalue weighted by atomic mass is 10.3. The minimum atomic E-state index is 0.229. The molecule has 0 amide bonds. The summed E-state index contributed by atoms with van der Waals surface area (Å²) < 4.78 is 2.11. The molecule has 0 bridgehead atoms. The lowest BCUT2D eigenvalue weighted by molar-refractivity contribution is 0.480. The molecule has 4 nitrogen and oxygen atoms in total. The maximum Gasteiger partial charge on any atom is 0.143 e. The van der Waals surface area contributed by atoms with Crippen LogP contribution in [0.2, 0.25) is 0 Å². The summed E-state index contributed by atoms with van der Waals surface area (Å²) in [5.74, 6) is 1.19. The SMILES string of the molecule is CCc1nc2c(O)cccc2n1Cc1ccccn1. The zero-order chi connectivity index (χ0) is 13.2. The fourth-order valence-electron chi connectivity index (χ4n) is 2.28. The van der Waals surface area contributed by atoms with E-state index in [1.165, 1.54) is 0 Å². The van der Waals surface area contributed by atoms with E-state index >= 15 is 0 Å². The van der Waals surface area contributed by atoms with Crippen molar-refractivity contribution >= 4 is 11.0 Å². The largest absolute Gasteiger partial charge is 0.506 e. The molecule has 0 fully saturated rings. The van der Waals surface area contributed by atoms with Crippen LogP contribution in [0.4, 0.5) is 0 Å². The summed E-state index contributed by atoms with van der Waals surface area (Å²) in [5.41, 5.74) is 2.60. The summed E-state index contributed by atoms with van der Waals surface area (Å²) in [7, 11) is 0. The molecule has 0 aliphatic rings. The van der Waals surface area contributed by atoms with Gasteiger partial charge in [0.25, 0.3) is 0 Å². The van der Waals surface area contributed by atoms with Crippen LogP contribution in [0.25, 0.3) is 11.0 Å². The van der Waals surface area contributed by atoms with Gasteiger partial charge in [-0.3, -0.25) is 4.98 Å². The molecular weight excluding hydrogens is 238 g/mol. The summed E-state index contributed by atoms with van der Waals surface area (Å²) in [6.07, 6.45) is 2.61. The number of para-hydroxylation sites is 1. The van der Waals surface area contributed by atoms with Crippen molar-refractivity contribution in [3.8, 4) is 5.75 Å². The van der Waals surface area contributed by atoms with Crippen LogP contribution in [0.3, 0.4) is 0 Å². The fourth-order valence-corrected chi connectivity index (χ4v) is 2.28. The molecule has 0 aliphatic carbocycles. The van der Waals surface area contributed by atoms with Gasteiger partial charge in [-0.25, -0.2) is 4.98 Å². The third-order valence-corrected chi connectivity index (χ3v) is 3.20. The highest BCUT2D eigenvalue weighted by Gasteiger charge is 2.12. The zero-order valence-electron chi connectivity index (χ0n) is 10.7. The summed E-state index contributed by atoms with van der Waals surface area (Å²) in [6.45, 7) is 2.73. The van der Waals surface area contributed by atoms with Crippen LogP contribution in [0, 0.1) is 0 Å². The van der Waals surface area contributed by atoms with Gasteiger partial charge in [0.1, 0.15) is 17.1 Å². The number of hydrogen-bond donors (Lipinski definition) is 1. The lowest BCUT2D eigenvalue weighted by Crippen LogP contribution is -2.05. The first-order valence-electron chi connectivity index (χ1n) is 6.36. The third kappa shape index (κ3) is 2.05. The fraction of sp³-hybridized carbons (Fsp3) is 0.200. The number of nitrogens with zero attached hydrogens (tertiary/aromatic N) is 3. The Morgan fingerprint density at radius 1 is 1.16 bits per heavy atom. The number of phenolic OH excluding ortho intramolecular Hbond substituents is 1. The first-order valence-corrected chi connectivity index (χ1v) is 6.36. The van der Waals surface area contributed by atoms with Crippen molar-refractivity contribution in [3.63, 3.8) is 0 Å². The predicted octanol–water partition coefficient (Wildman–Crippen LogP) is 2.75. The molecule has 0 saturated carbocycles. The summed E-state index contributed by atoms with van der Waals surface area (Å²) in [5, 5.41) is 9.88. The van der Waals surface area contributed by atoms with E-state index in [9.17, 15) is 5.11 Å². The molecule has 96 valence electrons. The number of aryl methyl sites for hydroxylation is 1. The number of hydrogen-bond acceptors (Lipinski definition) is 3. The van der Waals surface area contributed by atoms with Crippen molar-refractivity contribution < 1.29 is 5.11 Å². The van der Waals surface area contributed by atoms with Crippen LogP contribution in [0.5, 0.6) is 5.75 Å². The molecule has 19 heavy (non-hydrogen) atoms. The number of aromatic hydroxyl groups is 1. The van der Waals surface area contributed by atoms with Gasteiger partial charge in [0, 0.05) is 12.6 Å². The average molecular weight is 253 g/mol. The number of aromatic nitrogens is 3. The summed E-state index contributed by atoms with van der Waals surface area (Å²) in [6, 6.07) is 11.4. The first kappa shape index (κ1) is 11.7. The predicted molar refractivity (Wildman–Crippen MR) is 74.1 cm³/mol. The van der Waals surface area contributed by atoms with Crippen molar-refractivity contribution in [3.05, 3.63) is 54.1 Å². The Balaban J connectivity index is 2.14. The number of phenols is 1. The standard InChI is InChI=1S/C15H15N3O/c1-2-14-17-15-12(7-5-8-13(15)19)18(14)10-11-6-3-4-9-16-11/h3-9,19H,2,10H2,1H3. The van der Waals surface area contributed by atoms with E-state index in [-0.39, 0.29) is 5.75 Å². The molecule has 3 aromatic rings. The Morgan fingerprint density at radius 2 is 2.05 bits per heavy atom. The number of rotatable bonds is 3. The van der Waals surface area contributed by atoms with Gasteiger partial charge >= 0.3 is 0 Å². The number of fused-ring (bicyclic) bond motifs is 1. The quantitative estimate of drug-likeness (QED) is 0.780. The van der Waals surface area contributed by atoms with Gasteiger partial charge < -0.3 is 9.67 Å². The minimum Gasteiger partial charge on any atom is -0.506 e. The number of imidazole rings is 1. The maximum atomic E-state index is 9.88. The van der Waals surface area contributed by atoms with E-state index in [4.69, 9.17) is 0 Å². The number of pyridine rings is 1. The highest BCUT2D eigenvalue weighted by atomic mass is 16.3. The second-order valence-electron chi connectivity index (χ2n) is 4.43. The summed E-state index contributed by atoms with van der Waals surface area (Å²) in [4.78, 5) is 8.86. The normalized spacial score (nSPS) is 11.0. The summed E-state index contributed by atoms with van der Waals surface area (Å²) >= 11 is 0. The van der Waals surface area contributed by atoms with Gasteiger partial charge in [0.05, 0.1) is 17.8 Å². The second-order valence-corrected chi connectivity index (χ2v) is 4.43. The smallest absolute Gasteiger partial charge is 0.143 e. The molecule has 0 atom stereocenters. The van der Waals surface area contributed by atoms with E-state index in [0.717, 1.165) is 23.5 Å². The first-order chi connectivity index (χ1) is 9.29. The van der Waals surface area contributed by atoms with Crippen LogP contribution in [0.15, 0.2) is 42.6 Å². The minimum absolute atomic E-state index is 0.229. The third-order valence-electron chi connectivity index (χ3n) is 3.20. The molecule has 3 rings (SSSR count). The molecule has 0 radical (unpaired) electrons. The molecule has 2 aromatic heterocycles. The van der Waals surface area contributed by atoms with Crippen molar-refractivity contribution in [2.75, 3.05) is 0 Å². The highest BCUT2D eigenvalue weighted by molar-refractivity contribution is 5.82. The Labute approximate surface area is 111 Å². The van der Waals surface area contributed by atoms with Crippen LogP contribution < -0.4 is 0 Å². The molecule has 1 aromatic carbocycles. The molecule has 1 N–H and O–H groups in total. The van der Waals surface area contributed by atoms with Gasteiger partial charge in [0.15, 0.2) is 0 Å². The average Bonchev–Trinajstić information content (AvgIpc) is 2.80. The van der Waals surface area contributed by atoms with Crippen LogP contribution >= 0.6 is 0 Å². The Bertz CT molecular complexity index is 704. The van der Waals surface area contributed by atoms with E-state index in [2.05, 4.69) is 21.5 Å². The van der Waals surface area contributed by atoms with Gasteiger partial charge in [0.2, 0.25) is 0 Å². The maximum absolute atomic E-state index is 9.88. The molecule has 0 spiro atoms. The van der Waals surface area contributed by atoms with Gasteiger partial charge in [-0.1, -0.05) is 19.1 Å². The van der Waals surface area contributed by atoms with E-state index in [0.29, 0.717) is 12.1 Å². The molecule has 2 heterocycles. The molecule has 4 heteroatoms. The lowest BCUT2D eigenvalue weighted by Gasteiger charge is -2.07. The topological polar surface area (TPSA) is 50.9 Å². The molecular formula is C15H15N3O. The van der Waals surface area contributed by atoms with Crippen LogP contribution in [-0.4, -0.2) is 19.6 Å². The Kier molecular flexibility index (Phi) is 2.91. The molecule has 0 unspecified atom stereocenters. The highest BCUT2D eigenvalue weighted by Crippen LogP contribution is 2.25. The van der Waals surface area contributed by atoms with E-state index < -0.39 is 0 Å². The van der Waals surface area contributed by atoms with Crippen molar-refractivity contribution in [2.24, 2.45) is 0 Å². The zero-order valence-corrected chi connectivity index (χ0v) is 10.7. The van der Waals surface area contributed by atoms with Crippen molar-refractivity contribution in [1.29, 1.82) is 0 Å². The Morgan fingerprint density at radius 3 is 2.79 bits per heavy atom. The van der Waals surface area contributed by atoms with E-state index in [1.54, 1.807) is 12.3 Å².